The molecule has 0 fully saturated rings. The van der Waals surface area contributed by atoms with Gasteiger partial charge in [0.2, 0.25) is 10.0 Å². The maximum atomic E-state index is 12.0. The maximum Gasteiger partial charge on any atom is 0.235 e. The summed E-state index contributed by atoms with van der Waals surface area (Å²) in [7, 11) is -3.45. The Hall–Kier alpha value is -0.920. The van der Waals surface area contributed by atoms with Gasteiger partial charge in [-0.3, -0.25) is 4.72 Å². The number of anilines is 2. The Labute approximate surface area is 131 Å². The smallest absolute Gasteiger partial charge is 0.235 e. The summed E-state index contributed by atoms with van der Waals surface area (Å²) in [6, 6.07) is 5.40. The van der Waals surface area contributed by atoms with Gasteiger partial charge >= 0.3 is 0 Å². The highest BCUT2D eigenvalue weighted by Gasteiger charge is 2.13. The van der Waals surface area contributed by atoms with Gasteiger partial charge in [0.05, 0.1) is 29.8 Å². The molecule has 0 atom stereocenters. The van der Waals surface area contributed by atoms with Gasteiger partial charge in [-0.1, -0.05) is 6.92 Å². The largest absolute Gasteiger partial charge is 0.397 e. The van der Waals surface area contributed by atoms with Crippen molar-refractivity contribution in [1.29, 1.82) is 0 Å². The van der Waals surface area contributed by atoms with Crippen LogP contribution >= 0.6 is 11.8 Å². The average Bonchev–Trinajstić information content (AvgIpc) is 2.38. The van der Waals surface area contributed by atoms with Crippen LogP contribution in [0.2, 0.25) is 0 Å². The standard InChI is InChI=1S/C14H24N2O3S2/c1-4-8-20-12-5-6-13(15)14(10-12)16-21(17,18)9-7-19-11(2)3/h5-6,10-11,16H,4,7-9,15H2,1-3H3. The molecule has 0 aliphatic carbocycles. The molecule has 1 aromatic carbocycles. The lowest BCUT2D eigenvalue weighted by molar-refractivity contribution is 0.0913. The Morgan fingerprint density at radius 2 is 2.10 bits per heavy atom. The van der Waals surface area contributed by atoms with Crippen LogP contribution in [0.1, 0.15) is 27.2 Å². The van der Waals surface area contributed by atoms with E-state index in [2.05, 4.69) is 11.6 Å². The van der Waals surface area contributed by atoms with Crippen molar-refractivity contribution >= 4 is 33.2 Å². The number of hydrogen-bond acceptors (Lipinski definition) is 5. The zero-order valence-electron chi connectivity index (χ0n) is 12.8. The predicted octanol–water partition coefficient (Wildman–Crippen LogP) is 2.94. The summed E-state index contributed by atoms with van der Waals surface area (Å²) in [5, 5.41) is 0. The van der Waals surface area contributed by atoms with Gasteiger partial charge in [-0.05, 0) is 44.2 Å². The van der Waals surface area contributed by atoms with E-state index in [4.69, 9.17) is 10.5 Å². The van der Waals surface area contributed by atoms with Crippen LogP contribution in [0, 0.1) is 0 Å². The lowest BCUT2D eigenvalue weighted by atomic mass is 10.3. The van der Waals surface area contributed by atoms with E-state index >= 15 is 0 Å². The summed E-state index contributed by atoms with van der Waals surface area (Å²) in [5.74, 6) is 0.898. The third-order valence-corrected chi connectivity index (χ3v) is 5.00. The Balaban J connectivity index is 2.71. The summed E-state index contributed by atoms with van der Waals surface area (Å²) in [4.78, 5) is 1.00. The number of hydrogen-bond donors (Lipinski definition) is 2. The molecular formula is C14H24N2O3S2. The first kappa shape index (κ1) is 18.1. The molecule has 0 saturated carbocycles. The molecule has 1 aromatic rings. The topological polar surface area (TPSA) is 81.4 Å². The summed E-state index contributed by atoms with van der Waals surface area (Å²) in [5.41, 5.74) is 6.69. The second-order valence-electron chi connectivity index (χ2n) is 4.94. The quantitative estimate of drug-likeness (QED) is 0.537. The molecule has 0 aromatic heterocycles. The molecule has 7 heteroatoms. The van der Waals surface area contributed by atoms with Gasteiger partial charge in [0, 0.05) is 4.90 Å². The molecule has 5 nitrogen and oxygen atoms in total. The summed E-state index contributed by atoms with van der Waals surface area (Å²) in [6.45, 7) is 6.00. The predicted molar refractivity (Wildman–Crippen MR) is 90.4 cm³/mol. The van der Waals surface area contributed by atoms with E-state index in [9.17, 15) is 8.42 Å². The maximum absolute atomic E-state index is 12.0. The summed E-state index contributed by atoms with van der Waals surface area (Å²) >= 11 is 1.68. The van der Waals surface area contributed by atoms with Gasteiger partial charge in [0.15, 0.2) is 0 Å². The first-order valence-electron chi connectivity index (χ1n) is 6.98. The van der Waals surface area contributed by atoms with Gasteiger partial charge < -0.3 is 10.5 Å². The van der Waals surface area contributed by atoms with E-state index in [1.165, 1.54) is 0 Å². The summed E-state index contributed by atoms with van der Waals surface area (Å²) < 4.78 is 31.8. The minimum absolute atomic E-state index is 0.0130. The number of thioether (sulfide) groups is 1. The zero-order valence-corrected chi connectivity index (χ0v) is 14.4. The Morgan fingerprint density at radius 1 is 1.38 bits per heavy atom. The van der Waals surface area contributed by atoms with Crippen molar-refractivity contribution in [3.63, 3.8) is 0 Å². The van der Waals surface area contributed by atoms with E-state index < -0.39 is 10.0 Å². The molecular weight excluding hydrogens is 308 g/mol. The van der Waals surface area contributed by atoms with E-state index in [0.717, 1.165) is 17.1 Å². The van der Waals surface area contributed by atoms with Crippen molar-refractivity contribution in [3.05, 3.63) is 18.2 Å². The lowest BCUT2D eigenvalue weighted by Crippen LogP contribution is -2.22. The van der Waals surface area contributed by atoms with Crippen LogP contribution in [0.25, 0.3) is 0 Å². The van der Waals surface area contributed by atoms with Gasteiger partial charge in [-0.15, -0.1) is 11.8 Å². The fourth-order valence-electron chi connectivity index (χ4n) is 1.55. The Bertz CT molecular complexity index is 545. The van der Waals surface area contributed by atoms with Crippen molar-refractivity contribution in [2.24, 2.45) is 0 Å². The van der Waals surface area contributed by atoms with Crippen LogP contribution in [-0.2, 0) is 14.8 Å². The van der Waals surface area contributed by atoms with E-state index in [1.807, 2.05) is 19.9 Å². The SMILES string of the molecule is CCCSc1ccc(N)c(NS(=O)(=O)CCOC(C)C)c1. The second kappa shape index (κ2) is 8.51. The molecule has 0 aliphatic heterocycles. The third-order valence-electron chi connectivity index (χ3n) is 2.57. The normalized spacial score (nSPS) is 11.8. The molecule has 0 radical (unpaired) electrons. The molecule has 0 saturated heterocycles. The van der Waals surface area contributed by atoms with Crippen molar-refractivity contribution in [2.45, 2.75) is 38.2 Å². The van der Waals surface area contributed by atoms with E-state index in [1.54, 1.807) is 23.9 Å². The van der Waals surface area contributed by atoms with Crippen molar-refractivity contribution in [3.8, 4) is 0 Å². The highest BCUT2D eigenvalue weighted by Crippen LogP contribution is 2.27. The molecule has 0 unspecified atom stereocenters. The fraction of sp³-hybridized carbons (Fsp3) is 0.571. The Morgan fingerprint density at radius 3 is 2.71 bits per heavy atom. The Kier molecular flexibility index (Phi) is 7.34. The third kappa shape index (κ3) is 7.06. The number of rotatable bonds is 9. The first-order valence-corrected chi connectivity index (χ1v) is 9.62. The van der Waals surface area contributed by atoms with Crippen molar-refractivity contribution < 1.29 is 13.2 Å². The van der Waals surface area contributed by atoms with Crippen molar-refractivity contribution in [2.75, 3.05) is 28.6 Å². The minimum atomic E-state index is -3.45. The van der Waals surface area contributed by atoms with Crippen LogP contribution in [0.5, 0.6) is 0 Å². The minimum Gasteiger partial charge on any atom is -0.397 e. The molecule has 21 heavy (non-hydrogen) atoms. The number of nitrogens with two attached hydrogens (primary N) is 1. The molecule has 1 rings (SSSR count). The van der Waals surface area contributed by atoms with Crippen molar-refractivity contribution in [1.82, 2.24) is 0 Å². The van der Waals surface area contributed by atoms with Gasteiger partial charge in [0.1, 0.15) is 0 Å². The molecule has 3 N–H and O–H groups in total. The first-order chi connectivity index (χ1) is 9.84. The lowest BCUT2D eigenvalue weighted by Gasteiger charge is -2.13. The highest BCUT2D eigenvalue weighted by atomic mass is 32.2. The molecule has 0 bridgehead atoms. The van der Waals surface area contributed by atoms with Crippen LogP contribution in [0.4, 0.5) is 11.4 Å². The molecule has 0 heterocycles. The van der Waals surface area contributed by atoms with Gasteiger partial charge in [0.25, 0.3) is 0 Å². The average molecular weight is 332 g/mol. The number of nitrogens with one attached hydrogen (secondary N) is 1. The van der Waals surface area contributed by atoms with Crippen LogP contribution < -0.4 is 10.5 Å². The van der Waals surface area contributed by atoms with Gasteiger partial charge in [-0.2, -0.15) is 0 Å². The number of sulfonamides is 1. The summed E-state index contributed by atoms with van der Waals surface area (Å²) in [6.07, 6.45) is 1.07. The van der Waals surface area contributed by atoms with E-state index in [0.29, 0.717) is 11.4 Å². The fourth-order valence-corrected chi connectivity index (χ4v) is 3.28. The second-order valence-corrected chi connectivity index (χ2v) is 7.95. The molecule has 0 aliphatic rings. The highest BCUT2D eigenvalue weighted by molar-refractivity contribution is 7.99. The molecule has 0 spiro atoms. The van der Waals surface area contributed by atoms with E-state index in [-0.39, 0.29) is 18.5 Å². The monoisotopic (exact) mass is 332 g/mol. The van der Waals surface area contributed by atoms with Crippen LogP contribution in [-0.4, -0.2) is 32.6 Å². The van der Waals surface area contributed by atoms with Gasteiger partial charge in [-0.25, -0.2) is 8.42 Å². The molecule has 0 amide bonds. The molecule has 120 valence electrons. The zero-order chi connectivity index (χ0) is 15.9. The van der Waals surface area contributed by atoms with Crippen LogP contribution in [0.3, 0.4) is 0 Å². The number of ether oxygens (including phenoxy) is 1. The number of nitrogen functional groups attached to an aromatic ring is 1. The van der Waals surface area contributed by atoms with Crippen LogP contribution in [0.15, 0.2) is 23.1 Å². The number of benzene rings is 1.